The van der Waals surface area contributed by atoms with Gasteiger partial charge in [-0.3, -0.25) is 4.98 Å². The Bertz CT molecular complexity index is 539. The van der Waals surface area contributed by atoms with Gasteiger partial charge in [0.05, 0.1) is 5.69 Å². The van der Waals surface area contributed by atoms with Gasteiger partial charge in [0.25, 0.3) is 0 Å². The first-order valence-corrected chi connectivity index (χ1v) is 5.83. The summed E-state index contributed by atoms with van der Waals surface area (Å²) in [6.45, 7) is 3.84. The van der Waals surface area contributed by atoms with Crippen LogP contribution < -0.4 is 0 Å². The lowest BCUT2D eigenvalue weighted by Crippen LogP contribution is -2.03. The van der Waals surface area contributed by atoms with E-state index in [1.807, 2.05) is 44.2 Å². The number of aryl methyl sites for hydroxylation is 2. The predicted octanol–water partition coefficient (Wildman–Crippen LogP) is 3.43. The number of hydrogen-bond acceptors (Lipinski definition) is 2. The second kappa shape index (κ2) is 4.86. The van der Waals surface area contributed by atoms with Crippen molar-refractivity contribution in [2.24, 2.45) is 0 Å². The van der Waals surface area contributed by atoms with Crippen molar-refractivity contribution in [2.75, 3.05) is 0 Å². The summed E-state index contributed by atoms with van der Waals surface area (Å²) < 4.78 is 0. The average Bonchev–Trinajstić information content (AvgIpc) is 2.32. The van der Waals surface area contributed by atoms with Crippen LogP contribution in [0.1, 0.15) is 28.6 Å². The fraction of sp³-hybridized carbons (Fsp3) is 0.214. The molecule has 2 aromatic rings. The molecule has 1 aromatic heterocycles. The van der Waals surface area contributed by atoms with Crippen LogP contribution >= 0.6 is 11.6 Å². The van der Waals surface area contributed by atoms with E-state index in [0.29, 0.717) is 10.7 Å². The molecule has 2 nitrogen and oxygen atoms in total. The zero-order valence-corrected chi connectivity index (χ0v) is 10.6. The lowest BCUT2D eigenvalue weighted by atomic mass is 10.0. The maximum atomic E-state index is 10.2. The Balaban J connectivity index is 2.36. The number of aromatic nitrogens is 1. The van der Waals surface area contributed by atoms with Crippen molar-refractivity contribution in [3.63, 3.8) is 0 Å². The Morgan fingerprint density at radius 2 is 1.94 bits per heavy atom. The van der Waals surface area contributed by atoms with Gasteiger partial charge in [-0.05, 0) is 43.2 Å². The van der Waals surface area contributed by atoms with Gasteiger partial charge in [0.2, 0.25) is 0 Å². The summed E-state index contributed by atoms with van der Waals surface area (Å²) in [5.74, 6) is 0. The summed E-state index contributed by atoms with van der Waals surface area (Å²) in [6.07, 6.45) is -0.729. The van der Waals surface area contributed by atoms with Gasteiger partial charge in [0.15, 0.2) is 0 Å². The van der Waals surface area contributed by atoms with Gasteiger partial charge in [0.1, 0.15) is 6.10 Å². The van der Waals surface area contributed by atoms with Crippen LogP contribution in [-0.4, -0.2) is 10.1 Å². The molecule has 88 valence electrons. The molecule has 0 aliphatic carbocycles. The van der Waals surface area contributed by atoms with E-state index in [1.54, 1.807) is 6.07 Å². The van der Waals surface area contributed by atoms with Gasteiger partial charge >= 0.3 is 0 Å². The van der Waals surface area contributed by atoms with E-state index in [4.69, 9.17) is 11.6 Å². The Hall–Kier alpha value is -1.38. The molecule has 0 radical (unpaired) electrons. The molecule has 1 aromatic carbocycles. The number of rotatable bonds is 2. The SMILES string of the molecule is Cc1cccc(C(O)c2ccc(C)c(Cl)c2)n1. The Kier molecular flexibility index (Phi) is 3.46. The first-order chi connectivity index (χ1) is 8.08. The van der Waals surface area contributed by atoms with Crippen molar-refractivity contribution in [1.29, 1.82) is 0 Å². The maximum Gasteiger partial charge on any atom is 0.121 e. The summed E-state index contributed by atoms with van der Waals surface area (Å²) in [5.41, 5.74) is 3.29. The smallest absolute Gasteiger partial charge is 0.121 e. The van der Waals surface area contributed by atoms with Crippen molar-refractivity contribution in [2.45, 2.75) is 20.0 Å². The second-order valence-corrected chi connectivity index (χ2v) is 4.52. The Morgan fingerprint density at radius 1 is 1.18 bits per heavy atom. The van der Waals surface area contributed by atoms with Crippen molar-refractivity contribution < 1.29 is 5.11 Å². The monoisotopic (exact) mass is 247 g/mol. The first-order valence-electron chi connectivity index (χ1n) is 5.45. The average molecular weight is 248 g/mol. The third-order valence-corrected chi connectivity index (χ3v) is 3.11. The van der Waals surface area contributed by atoms with Crippen molar-refractivity contribution >= 4 is 11.6 Å². The molecule has 0 fully saturated rings. The van der Waals surface area contributed by atoms with Gasteiger partial charge in [-0.15, -0.1) is 0 Å². The molecule has 0 aliphatic rings. The molecule has 0 amide bonds. The van der Waals surface area contributed by atoms with E-state index >= 15 is 0 Å². The van der Waals surface area contributed by atoms with Gasteiger partial charge in [0, 0.05) is 10.7 Å². The van der Waals surface area contributed by atoms with Gasteiger partial charge in [-0.2, -0.15) is 0 Å². The fourth-order valence-electron chi connectivity index (χ4n) is 1.67. The third kappa shape index (κ3) is 2.65. The van der Waals surface area contributed by atoms with E-state index in [0.717, 1.165) is 16.8 Å². The third-order valence-electron chi connectivity index (χ3n) is 2.70. The summed E-state index contributed by atoms with van der Waals surface area (Å²) in [7, 11) is 0. The van der Waals surface area contributed by atoms with Crippen molar-refractivity contribution in [3.8, 4) is 0 Å². The molecule has 3 heteroatoms. The van der Waals surface area contributed by atoms with E-state index in [1.165, 1.54) is 0 Å². The fourth-order valence-corrected chi connectivity index (χ4v) is 1.86. The van der Waals surface area contributed by atoms with Gasteiger partial charge < -0.3 is 5.11 Å². The predicted molar refractivity (Wildman–Crippen MR) is 69.2 cm³/mol. The lowest BCUT2D eigenvalue weighted by molar-refractivity contribution is 0.215. The van der Waals surface area contributed by atoms with Crippen LogP contribution in [0, 0.1) is 13.8 Å². The first kappa shape index (κ1) is 12.1. The Morgan fingerprint density at radius 3 is 2.59 bits per heavy atom. The summed E-state index contributed by atoms with van der Waals surface area (Å²) in [6, 6.07) is 11.2. The highest BCUT2D eigenvalue weighted by Crippen LogP contribution is 2.25. The molecule has 0 aliphatic heterocycles. The normalized spacial score (nSPS) is 12.5. The lowest BCUT2D eigenvalue weighted by Gasteiger charge is -2.12. The quantitative estimate of drug-likeness (QED) is 0.882. The van der Waals surface area contributed by atoms with Crippen LogP contribution in [0.5, 0.6) is 0 Å². The van der Waals surface area contributed by atoms with Crippen LogP contribution in [0.3, 0.4) is 0 Å². The molecule has 0 saturated carbocycles. The van der Waals surface area contributed by atoms with Crippen molar-refractivity contribution in [1.82, 2.24) is 4.98 Å². The maximum absolute atomic E-state index is 10.2. The van der Waals surface area contributed by atoms with Crippen LogP contribution in [0.15, 0.2) is 36.4 Å². The number of pyridine rings is 1. The Labute approximate surface area is 106 Å². The molecule has 0 spiro atoms. The minimum Gasteiger partial charge on any atom is -0.382 e. The largest absolute Gasteiger partial charge is 0.382 e. The highest BCUT2D eigenvalue weighted by atomic mass is 35.5. The molecule has 0 saturated heterocycles. The molecule has 1 N–H and O–H groups in total. The van der Waals surface area contributed by atoms with Gasteiger partial charge in [-0.25, -0.2) is 0 Å². The van der Waals surface area contributed by atoms with Crippen LogP contribution in [0.25, 0.3) is 0 Å². The summed E-state index contributed by atoms with van der Waals surface area (Å²) in [4.78, 5) is 4.31. The van der Waals surface area contributed by atoms with E-state index in [-0.39, 0.29) is 0 Å². The van der Waals surface area contributed by atoms with Crippen LogP contribution in [0.4, 0.5) is 0 Å². The van der Waals surface area contributed by atoms with Crippen molar-refractivity contribution in [3.05, 3.63) is 63.9 Å². The number of aliphatic hydroxyl groups is 1. The van der Waals surface area contributed by atoms with Gasteiger partial charge in [-0.1, -0.05) is 29.8 Å². The summed E-state index contributed by atoms with van der Waals surface area (Å²) in [5, 5.41) is 10.9. The highest BCUT2D eigenvalue weighted by Gasteiger charge is 2.12. The molecular weight excluding hydrogens is 234 g/mol. The van der Waals surface area contributed by atoms with E-state index in [2.05, 4.69) is 4.98 Å². The minimum absolute atomic E-state index is 0.643. The standard InChI is InChI=1S/C14H14ClNO/c1-9-6-7-11(8-12(9)15)14(17)13-5-3-4-10(2)16-13/h3-8,14,17H,1-2H3. The van der Waals surface area contributed by atoms with Crippen LogP contribution in [-0.2, 0) is 0 Å². The molecule has 1 atom stereocenters. The summed E-state index contributed by atoms with van der Waals surface area (Å²) >= 11 is 6.05. The number of aliphatic hydroxyl groups excluding tert-OH is 1. The van der Waals surface area contributed by atoms with E-state index < -0.39 is 6.10 Å². The number of halogens is 1. The number of nitrogens with zero attached hydrogens (tertiary/aromatic N) is 1. The molecular formula is C14H14ClNO. The second-order valence-electron chi connectivity index (χ2n) is 4.11. The number of benzene rings is 1. The molecule has 1 unspecified atom stereocenters. The minimum atomic E-state index is -0.729. The molecule has 0 bridgehead atoms. The topological polar surface area (TPSA) is 33.1 Å². The highest BCUT2D eigenvalue weighted by molar-refractivity contribution is 6.31. The molecule has 1 heterocycles. The molecule has 2 rings (SSSR count). The molecule has 17 heavy (non-hydrogen) atoms. The number of hydrogen-bond donors (Lipinski definition) is 1. The van der Waals surface area contributed by atoms with E-state index in [9.17, 15) is 5.11 Å². The van der Waals surface area contributed by atoms with Crippen LogP contribution in [0.2, 0.25) is 5.02 Å². The zero-order valence-electron chi connectivity index (χ0n) is 9.81. The zero-order chi connectivity index (χ0) is 12.4.